The summed E-state index contributed by atoms with van der Waals surface area (Å²) in [5.41, 5.74) is 1.10. The number of hydrogen-bond acceptors (Lipinski definition) is 2. The summed E-state index contributed by atoms with van der Waals surface area (Å²) in [4.78, 5) is 25.3. The fourth-order valence-corrected chi connectivity index (χ4v) is 1.94. The standard InChI is InChI=1S/C15H20N2O2/c1-2-17(11-12-6-4-3-5-7-12)14(18)10-16-15(19)13-8-9-13/h3-7,13H,2,8-11H2,1H3,(H,16,19). The van der Waals surface area contributed by atoms with E-state index in [1.807, 2.05) is 37.3 Å². The number of amides is 2. The van der Waals surface area contributed by atoms with Crippen LogP contribution in [0.25, 0.3) is 0 Å². The molecular formula is C15H20N2O2. The van der Waals surface area contributed by atoms with E-state index in [1.165, 1.54) is 0 Å². The van der Waals surface area contributed by atoms with Crippen LogP contribution >= 0.6 is 0 Å². The Hall–Kier alpha value is -1.84. The highest BCUT2D eigenvalue weighted by Crippen LogP contribution is 2.28. The van der Waals surface area contributed by atoms with Crippen molar-refractivity contribution in [3.63, 3.8) is 0 Å². The van der Waals surface area contributed by atoms with E-state index in [2.05, 4.69) is 5.32 Å². The zero-order valence-electron chi connectivity index (χ0n) is 11.3. The van der Waals surface area contributed by atoms with Gasteiger partial charge < -0.3 is 10.2 Å². The Bertz CT molecular complexity index is 441. The van der Waals surface area contributed by atoms with Crippen LogP contribution in [0, 0.1) is 5.92 Å². The van der Waals surface area contributed by atoms with Crippen molar-refractivity contribution in [3.8, 4) is 0 Å². The summed E-state index contributed by atoms with van der Waals surface area (Å²) in [6, 6.07) is 9.87. The summed E-state index contributed by atoms with van der Waals surface area (Å²) < 4.78 is 0. The lowest BCUT2D eigenvalue weighted by Gasteiger charge is -2.21. The van der Waals surface area contributed by atoms with Gasteiger partial charge in [-0.15, -0.1) is 0 Å². The minimum atomic E-state index is -0.0275. The molecule has 1 saturated carbocycles. The van der Waals surface area contributed by atoms with Gasteiger partial charge in [-0.2, -0.15) is 0 Å². The third kappa shape index (κ3) is 4.09. The summed E-state index contributed by atoms with van der Waals surface area (Å²) in [5, 5.41) is 2.71. The van der Waals surface area contributed by atoms with Gasteiger partial charge in [0.1, 0.15) is 0 Å². The number of carbonyl (C=O) groups excluding carboxylic acids is 2. The molecule has 0 unspecified atom stereocenters. The lowest BCUT2D eigenvalue weighted by Crippen LogP contribution is -2.40. The Morgan fingerprint density at radius 3 is 2.53 bits per heavy atom. The first kappa shape index (κ1) is 13.6. The Morgan fingerprint density at radius 2 is 1.95 bits per heavy atom. The van der Waals surface area contributed by atoms with Crippen LogP contribution in [0.15, 0.2) is 30.3 Å². The highest BCUT2D eigenvalue weighted by atomic mass is 16.2. The van der Waals surface area contributed by atoms with Crippen LogP contribution in [0.5, 0.6) is 0 Å². The molecule has 0 bridgehead atoms. The number of rotatable bonds is 6. The molecule has 0 saturated heterocycles. The van der Waals surface area contributed by atoms with Crippen LogP contribution in [0.1, 0.15) is 25.3 Å². The number of nitrogens with zero attached hydrogens (tertiary/aromatic N) is 1. The van der Waals surface area contributed by atoms with E-state index in [4.69, 9.17) is 0 Å². The quantitative estimate of drug-likeness (QED) is 0.844. The summed E-state index contributed by atoms with van der Waals surface area (Å²) in [5.74, 6) is 0.140. The molecule has 0 spiro atoms. The fraction of sp³-hybridized carbons (Fsp3) is 0.467. The predicted molar refractivity (Wildman–Crippen MR) is 73.3 cm³/mol. The van der Waals surface area contributed by atoms with Gasteiger partial charge in [0.15, 0.2) is 0 Å². The van der Waals surface area contributed by atoms with Crippen LogP contribution in [0.2, 0.25) is 0 Å². The normalized spacial score (nSPS) is 13.9. The lowest BCUT2D eigenvalue weighted by molar-refractivity contribution is -0.133. The molecule has 102 valence electrons. The predicted octanol–water partition coefficient (Wildman–Crippen LogP) is 1.56. The molecule has 1 aromatic carbocycles. The molecule has 2 amide bonds. The minimum absolute atomic E-state index is 0.0177. The first-order valence-corrected chi connectivity index (χ1v) is 6.80. The van der Waals surface area contributed by atoms with E-state index in [0.717, 1.165) is 18.4 Å². The lowest BCUT2D eigenvalue weighted by atomic mass is 10.2. The highest BCUT2D eigenvalue weighted by molar-refractivity contribution is 5.86. The molecule has 4 nitrogen and oxygen atoms in total. The molecule has 2 rings (SSSR count). The Morgan fingerprint density at radius 1 is 1.26 bits per heavy atom. The average Bonchev–Trinajstić information content (AvgIpc) is 3.27. The average molecular weight is 260 g/mol. The topological polar surface area (TPSA) is 49.4 Å². The van der Waals surface area contributed by atoms with E-state index in [9.17, 15) is 9.59 Å². The summed E-state index contributed by atoms with van der Waals surface area (Å²) in [6.07, 6.45) is 1.92. The second-order valence-corrected chi connectivity index (χ2v) is 4.89. The number of likely N-dealkylation sites (N-methyl/N-ethyl adjacent to an activating group) is 1. The van der Waals surface area contributed by atoms with Crippen molar-refractivity contribution in [1.82, 2.24) is 10.2 Å². The molecule has 1 aliphatic rings. The first-order chi connectivity index (χ1) is 9.20. The zero-order chi connectivity index (χ0) is 13.7. The number of benzene rings is 1. The fourth-order valence-electron chi connectivity index (χ4n) is 1.94. The van der Waals surface area contributed by atoms with Gasteiger partial charge in [-0.3, -0.25) is 9.59 Å². The van der Waals surface area contributed by atoms with Gasteiger partial charge in [0.05, 0.1) is 6.54 Å². The molecule has 1 N–H and O–H groups in total. The van der Waals surface area contributed by atoms with Crippen molar-refractivity contribution in [3.05, 3.63) is 35.9 Å². The molecule has 1 aliphatic carbocycles. The van der Waals surface area contributed by atoms with Crippen LogP contribution in [0.4, 0.5) is 0 Å². The van der Waals surface area contributed by atoms with Crippen molar-refractivity contribution in [1.29, 1.82) is 0 Å². The van der Waals surface area contributed by atoms with Crippen molar-refractivity contribution in [2.24, 2.45) is 5.92 Å². The SMILES string of the molecule is CCN(Cc1ccccc1)C(=O)CNC(=O)C1CC1. The van der Waals surface area contributed by atoms with Crippen molar-refractivity contribution >= 4 is 11.8 Å². The number of carbonyl (C=O) groups is 2. The molecule has 4 heteroatoms. The van der Waals surface area contributed by atoms with Crippen molar-refractivity contribution < 1.29 is 9.59 Å². The van der Waals surface area contributed by atoms with Gasteiger partial charge in [-0.1, -0.05) is 30.3 Å². The minimum Gasteiger partial charge on any atom is -0.347 e. The Kier molecular flexibility index (Phi) is 4.55. The maximum atomic E-state index is 12.0. The largest absolute Gasteiger partial charge is 0.347 e. The van der Waals surface area contributed by atoms with E-state index >= 15 is 0 Å². The zero-order valence-corrected chi connectivity index (χ0v) is 11.3. The van der Waals surface area contributed by atoms with Crippen molar-refractivity contribution in [2.75, 3.05) is 13.1 Å². The molecular weight excluding hydrogens is 240 g/mol. The molecule has 0 atom stereocenters. The molecule has 19 heavy (non-hydrogen) atoms. The van der Waals surface area contributed by atoms with Crippen LogP contribution in [-0.4, -0.2) is 29.8 Å². The molecule has 0 heterocycles. The molecule has 0 aliphatic heterocycles. The van der Waals surface area contributed by atoms with E-state index in [0.29, 0.717) is 13.1 Å². The van der Waals surface area contributed by atoms with Gasteiger partial charge in [-0.25, -0.2) is 0 Å². The monoisotopic (exact) mass is 260 g/mol. The van der Waals surface area contributed by atoms with Gasteiger partial charge in [0, 0.05) is 19.0 Å². The summed E-state index contributed by atoms with van der Waals surface area (Å²) in [7, 11) is 0. The third-order valence-electron chi connectivity index (χ3n) is 3.31. The third-order valence-corrected chi connectivity index (χ3v) is 3.31. The maximum absolute atomic E-state index is 12.0. The summed E-state index contributed by atoms with van der Waals surface area (Å²) >= 11 is 0. The summed E-state index contributed by atoms with van der Waals surface area (Å²) in [6.45, 7) is 3.29. The van der Waals surface area contributed by atoms with Gasteiger partial charge >= 0.3 is 0 Å². The van der Waals surface area contributed by atoms with Gasteiger partial charge in [-0.05, 0) is 25.3 Å². The van der Waals surface area contributed by atoms with E-state index < -0.39 is 0 Å². The second kappa shape index (κ2) is 6.36. The van der Waals surface area contributed by atoms with E-state index in [-0.39, 0.29) is 24.3 Å². The number of hydrogen-bond donors (Lipinski definition) is 1. The molecule has 1 aromatic rings. The Labute approximate surface area is 113 Å². The Balaban J connectivity index is 1.82. The number of nitrogens with one attached hydrogen (secondary N) is 1. The van der Waals surface area contributed by atoms with Crippen LogP contribution in [0.3, 0.4) is 0 Å². The van der Waals surface area contributed by atoms with Crippen LogP contribution < -0.4 is 5.32 Å². The van der Waals surface area contributed by atoms with E-state index in [1.54, 1.807) is 4.90 Å². The smallest absolute Gasteiger partial charge is 0.242 e. The van der Waals surface area contributed by atoms with Crippen molar-refractivity contribution in [2.45, 2.75) is 26.3 Å². The first-order valence-electron chi connectivity index (χ1n) is 6.80. The molecule has 0 aromatic heterocycles. The van der Waals surface area contributed by atoms with Crippen LogP contribution in [-0.2, 0) is 16.1 Å². The second-order valence-electron chi connectivity index (χ2n) is 4.89. The molecule has 0 radical (unpaired) electrons. The highest BCUT2D eigenvalue weighted by Gasteiger charge is 2.29. The van der Waals surface area contributed by atoms with Gasteiger partial charge in [0.2, 0.25) is 11.8 Å². The maximum Gasteiger partial charge on any atom is 0.242 e. The van der Waals surface area contributed by atoms with Gasteiger partial charge in [0.25, 0.3) is 0 Å². The molecule has 1 fully saturated rings.